The van der Waals surface area contributed by atoms with E-state index in [-0.39, 0.29) is 5.69 Å². The number of alkyl halides is 6. The van der Waals surface area contributed by atoms with E-state index in [2.05, 4.69) is 5.10 Å². The average Bonchev–Trinajstić information content (AvgIpc) is 2.68. The minimum Gasteiger partial charge on any atom is -0.492 e. The maximum Gasteiger partial charge on any atom is 0.446 e. The lowest BCUT2D eigenvalue weighted by molar-refractivity contribution is -0.137. The number of aromatic hydroxyl groups is 1. The largest absolute Gasteiger partial charge is 0.492 e. The molecular formula is C11H4Cl2F6N2OS. The molecule has 2 rings (SSSR count). The van der Waals surface area contributed by atoms with Crippen LogP contribution in [-0.2, 0) is 6.18 Å². The second kappa shape index (κ2) is 5.99. The third-order valence-electron chi connectivity index (χ3n) is 2.49. The molecular weight excluding hydrogens is 393 g/mol. The van der Waals surface area contributed by atoms with E-state index in [1.165, 1.54) is 0 Å². The molecule has 2 aromatic rings. The number of rotatable bonds is 2. The Morgan fingerprint density at radius 1 is 1.04 bits per heavy atom. The average molecular weight is 397 g/mol. The van der Waals surface area contributed by atoms with Crippen molar-refractivity contribution >= 4 is 35.0 Å². The van der Waals surface area contributed by atoms with Crippen molar-refractivity contribution in [3.05, 3.63) is 33.9 Å². The van der Waals surface area contributed by atoms with Gasteiger partial charge in [-0.05, 0) is 23.9 Å². The molecule has 3 nitrogen and oxygen atoms in total. The fourth-order valence-electron chi connectivity index (χ4n) is 1.62. The molecule has 0 unspecified atom stereocenters. The highest BCUT2D eigenvalue weighted by atomic mass is 35.5. The van der Waals surface area contributed by atoms with Gasteiger partial charge >= 0.3 is 11.7 Å². The number of hydrogen-bond acceptors (Lipinski definition) is 3. The zero-order chi connectivity index (χ0) is 17.6. The summed E-state index contributed by atoms with van der Waals surface area (Å²) < 4.78 is 75.4. The van der Waals surface area contributed by atoms with E-state index in [0.29, 0.717) is 23.0 Å². The summed E-state index contributed by atoms with van der Waals surface area (Å²) >= 11 is 10.8. The summed E-state index contributed by atoms with van der Waals surface area (Å²) in [7, 11) is 0. The third-order valence-corrected chi connectivity index (χ3v) is 3.81. The Hall–Kier alpha value is -1.26. The van der Waals surface area contributed by atoms with Crippen LogP contribution in [0, 0.1) is 0 Å². The van der Waals surface area contributed by atoms with Gasteiger partial charge in [0.2, 0.25) is 5.88 Å². The zero-order valence-electron chi connectivity index (χ0n) is 10.5. The molecule has 0 amide bonds. The minimum atomic E-state index is -4.71. The number of thioether (sulfide) groups is 1. The van der Waals surface area contributed by atoms with Crippen LogP contribution in [0.1, 0.15) is 5.56 Å². The normalized spacial score (nSPS) is 12.7. The van der Waals surface area contributed by atoms with Crippen molar-refractivity contribution in [3.8, 4) is 11.6 Å². The molecule has 1 aromatic carbocycles. The van der Waals surface area contributed by atoms with Crippen molar-refractivity contribution in [1.82, 2.24) is 9.78 Å². The Labute approximate surface area is 138 Å². The number of halogens is 8. The van der Waals surface area contributed by atoms with Gasteiger partial charge in [0, 0.05) is 0 Å². The molecule has 0 bridgehead atoms. The summed E-state index contributed by atoms with van der Waals surface area (Å²) in [6, 6.07) is 1.06. The highest BCUT2D eigenvalue weighted by Crippen LogP contribution is 2.44. The van der Waals surface area contributed by atoms with Crippen molar-refractivity contribution in [1.29, 1.82) is 0 Å². The number of nitrogens with zero attached hydrogens (tertiary/aromatic N) is 2. The predicted molar refractivity (Wildman–Crippen MR) is 72.2 cm³/mol. The van der Waals surface area contributed by atoms with Crippen LogP contribution in [0.5, 0.6) is 5.88 Å². The van der Waals surface area contributed by atoms with Gasteiger partial charge in [-0.25, -0.2) is 0 Å². The molecule has 126 valence electrons. The molecule has 23 heavy (non-hydrogen) atoms. The first kappa shape index (κ1) is 18.1. The SMILES string of the molecule is Oc1c(SC(F)(F)F)cnn1-c1c(Cl)cc(C(F)(F)F)cc1Cl. The lowest BCUT2D eigenvalue weighted by Gasteiger charge is -2.13. The third kappa shape index (κ3) is 3.99. The minimum absolute atomic E-state index is 0.368. The van der Waals surface area contributed by atoms with E-state index >= 15 is 0 Å². The molecule has 0 atom stereocenters. The van der Waals surface area contributed by atoms with Crippen LogP contribution in [0.25, 0.3) is 5.69 Å². The number of aromatic nitrogens is 2. The van der Waals surface area contributed by atoms with Gasteiger partial charge in [0.1, 0.15) is 5.69 Å². The standard InChI is InChI=1S/C11H4Cl2F6N2OS/c12-5-1-4(10(14,15)16)2-6(13)8(5)21-9(22)7(3-20-21)23-11(17,18)19/h1-3,22H. The Bertz CT molecular complexity index is 720. The molecule has 1 heterocycles. The smallest absolute Gasteiger partial charge is 0.446 e. The topological polar surface area (TPSA) is 38.1 Å². The lowest BCUT2D eigenvalue weighted by atomic mass is 10.2. The highest BCUT2D eigenvalue weighted by molar-refractivity contribution is 8.00. The Morgan fingerprint density at radius 2 is 1.57 bits per heavy atom. The maximum atomic E-state index is 12.6. The Morgan fingerprint density at radius 3 is 2.00 bits per heavy atom. The monoisotopic (exact) mass is 396 g/mol. The molecule has 0 fully saturated rings. The Kier molecular flexibility index (Phi) is 4.71. The number of benzene rings is 1. The van der Waals surface area contributed by atoms with Crippen LogP contribution in [0.3, 0.4) is 0 Å². The summed E-state index contributed by atoms with van der Waals surface area (Å²) in [6.45, 7) is 0. The van der Waals surface area contributed by atoms with Gasteiger partial charge in [-0.15, -0.1) is 0 Å². The first-order valence-electron chi connectivity index (χ1n) is 5.49. The molecule has 1 aromatic heterocycles. The van der Waals surface area contributed by atoms with Crippen molar-refractivity contribution in [2.45, 2.75) is 16.6 Å². The van der Waals surface area contributed by atoms with Crippen LogP contribution >= 0.6 is 35.0 Å². The fourth-order valence-corrected chi connectivity index (χ4v) is 2.79. The maximum absolute atomic E-state index is 12.6. The van der Waals surface area contributed by atoms with Crippen LogP contribution in [0.15, 0.2) is 23.2 Å². The van der Waals surface area contributed by atoms with E-state index in [1.807, 2.05) is 0 Å². The van der Waals surface area contributed by atoms with Crippen LogP contribution < -0.4 is 0 Å². The fraction of sp³-hybridized carbons (Fsp3) is 0.182. The van der Waals surface area contributed by atoms with Crippen molar-refractivity contribution in [2.75, 3.05) is 0 Å². The van der Waals surface area contributed by atoms with Gasteiger partial charge in [0.15, 0.2) is 0 Å². The molecule has 0 aliphatic heterocycles. The van der Waals surface area contributed by atoms with E-state index < -0.39 is 49.8 Å². The molecule has 1 N–H and O–H groups in total. The summed E-state index contributed by atoms with van der Waals surface area (Å²) in [4.78, 5) is -0.649. The first-order valence-corrected chi connectivity index (χ1v) is 7.06. The molecule has 0 aliphatic carbocycles. The van der Waals surface area contributed by atoms with Crippen molar-refractivity contribution in [2.24, 2.45) is 0 Å². The van der Waals surface area contributed by atoms with Crippen LogP contribution in [0.2, 0.25) is 10.0 Å². The number of hydrogen-bond donors (Lipinski definition) is 1. The van der Waals surface area contributed by atoms with E-state index in [1.54, 1.807) is 0 Å². The second-order valence-corrected chi connectivity index (χ2v) is 6.00. The quantitative estimate of drug-likeness (QED) is 0.536. The van der Waals surface area contributed by atoms with Crippen LogP contribution in [0.4, 0.5) is 26.3 Å². The molecule has 0 saturated carbocycles. The zero-order valence-corrected chi connectivity index (χ0v) is 12.8. The Balaban J connectivity index is 2.52. The van der Waals surface area contributed by atoms with Crippen molar-refractivity contribution in [3.63, 3.8) is 0 Å². The highest BCUT2D eigenvalue weighted by Gasteiger charge is 2.34. The molecule has 0 aliphatic rings. The van der Waals surface area contributed by atoms with Gasteiger partial charge in [0.05, 0.1) is 26.7 Å². The molecule has 0 spiro atoms. The van der Waals surface area contributed by atoms with E-state index in [9.17, 15) is 31.4 Å². The van der Waals surface area contributed by atoms with Gasteiger partial charge in [-0.3, -0.25) is 0 Å². The lowest BCUT2D eigenvalue weighted by Crippen LogP contribution is -2.07. The summed E-state index contributed by atoms with van der Waals surface area (Å²) in [6.07, 6.45) is -4.02. The summed E-state index contributed by atoms with van der Waals surface area (Å²) in [5, 5.41) is 12.2. The predicted octanol–water partition coefficient (Wildman–Crippen LogP) is 5.52. The van der Waals surface area contributed by atoms with Crippen LogP contribution in [-0.4, -0.2) is 20.4 Å². The summed E-state index contributed by atoms with van der Waals surface area (Å²) in [5.74, 6) is -0.948. The van der Waals surface area contributed by atoms with E-state index in [4.69, 9.17) is 23.2 Å². The van der Waals surface area contributed by atoms with Gasteiger partial charge in [-0.1, -0.05) is 23.2 Å². The van der Waals surface area contributed by atoms with Gasteiger partial charge in [0.25, 0.3) is 0 Å². The summed E-state index contributed by atoms with van der Waals surface area (Å²) in [5.41, 5.74) is -6.19. The molecule has 0 radical (unpaired) electrons. The molecule has 12 heteroatoms. The van der Waals surface area contributed by atoms with Crippen molar-refractivity contribution < 1.29 is 31.4 Å². The van der Waals surface area contributed by atoms with Gasteiger partial charge < -0.3 is 5.11 Å². The van der Waals surface area contributed by atoms with Gasteiger partial charge in [-0.2, -0.15) is 36.1 Å². The first-order chi connectivity index (χ1) is 10.4. The second-order valence-electron chi connectivity index (χ2n) is 4.08. The molecule has 0 saturated heterocycles. The van der Waals surface area contributed by atoms with E-state index in [0.717, 1.165) is 0 Å².